The molecule has 0 fully saturated rings. The number of likely N-dealkylation sites (N-methyl/N-ethyl adjacent to an activating group) is 2. The lowest BCUT2D eigenvalue weighted by Gasteiger charge is -2.35. The Bertz CT molecular complexity index is 175. The molecule has 0 spiro atoms. The zero-order valence-corrected chi connectivity index (χ0v) is 11.6. The van der Waals surface area contributed by atoms with Crippen LogP contribution in [0.1, 0.15) is 6.92 Å². The average Bonchev–Trinajstić information content (AvgIpc) is 2.26. The highest BCUT2D eigenvalue weighted by Gasteiger charge is 2.27. The van der Waals surface area contributed by atoms with Crippen LogP contribution in [0.3, 0.4) is 0 Å². The second kappa shape index (κ2) is 6.98. The fourth-order valence-electron chi connectivity index (χ4n) is 1.08. The van der Waals surface area contributed by atoms with E-state index in [1.54, 1.807) is 0 Å². The van der Waals surface area contributed by atoms with Gasteiger partial charge in [-0.25, -0.2) is 0 Å². The molecule has 0 radical (unpaired) electrons. The molecule has 0 aromatic carbocycles. The van der Waals surface area contributed by atoms with Crippen LogP contribution < -0.4 is 21.7 Å². The lowest BCUT2D eigenvalue weighted by atomic mass is 10.0. The van der Waals surface area contributed by atoms with Crippen molar-refractivity contribution in [3.8, 4) is 0 Å². The van der Waals surface area contributed by atoms with Crippen molar-refractivity contribution in [1.82, 2.24) is 16.0 Å². The minimum absolute atomic E-state index is 0.0512. The summed E-state index contributed by atoms with van der Waals surface area (Å²) >= 11 is 8.57. The van der Waals surface area contributed by atoms with Gasteiger partial charge in [0.05, 0.1) is 5.66 Å². The second-order valence-corrected chi connectivity index (χ2v) is 4.80. The van der Waals surface area contributed by atoms with Crippen LogP contribution in [-0.2, 0) is 0 Å². The molecule has 0 heterocycles. The Morgan fingerprint density at radius 2 is 1.73 bits per heavy atom. The van der Waals surface area contributed by atoms with Crippen LogP contribution in [0.5, 0.6) is 0 Å². The number of nitrogens with two attached hydrogens (primary N) is 1. The van der Waals surface area contributed by atoms with Gasteiger partial charge in [-0.2, -0.15) is 25.3 Å². The van der Waals surface area contributed by atoms with Crippen LogP contribution in [-0.4, -0.2) is 49.9 Å². The van der Waals surface area contributed by atoms with Gasteiger partial charge in [-0.1, -0.05) is 0 Å². The Hall–Kier alpha value is 0.540. The van der Waals surface area contributed by atoms with Gasteiger partial charge in [0, 0.05) is 30.1 Å². The standard InChI is InChI=1S/C9H24N4S2/c1-8(6-14,12-3)4-13-9(10,7-15)5-11-2/h11-15H,4-7,10H2,1-3H3/t8-,9-/m0/s1. The van der Waals surface area contributed by atoms with Gasteiger partial charge in [-0.05, 0) is 21.0 Å². The van der Waals surface area contributed by atoms with E-state index in [1.165, 1.54) is 0 Å². The van der Waals surface area contributed by atoms with E-state index in [2.05, 4.69) is 48.1 Å². The molecular formula is C9H24N4S2. The van der Waals surface area contributed by atoms with Crippen LogP contribution >= 0.6 is 25.3 Å². The molecule has 0 saturated heterocycles. The summed E-state index contributed by atoms with van der Waals surface area (Å²) < 4.78 is 0. The van der Waals surface area contributed by atoms with Gasteiger partial charge in [0.25, 0.3) is 0 Å². The molecule has 0 unspecified atom stereocenters. The van der Waals surface area contributed by atoms with Crippen molar-refractivity contribution in [2.24, 2.45) is 5.73 Å². The molecule has 0 aliphatic heterocycles. The highest BCUT2D eigenvalue weighted by atomic mass is 32.1. The van der Waals surface area contributed by atoms with E-state index >= 15 is 0 Å². The van der Waals surface area contributed by atoms with Crippen LogP contribution in [0.15, 0.2) is 0 Å². The third-order valence-corrected chi connectivity index (χ3v) is 3.82. The molecule has 0 rings (SSSR count). The van der Waals surface area contributed by atoms with Crippen molar-refractivity contribution in [2.75, 3.05) is 38.7 Å². The van der Waals surface area contributed by atoms with E-state index in [9.17, 15) is 0 Å². The monoisotopic (exact) mass is 252 g/mol. The second-order valence-electron chi connectivity index (χ2n) is 4.17. The lowest BCUT2D eigenvalue weighted by molar-refractivity contribution is 0.305. The first kappa shape index (κ1) is 15.5. The summed E-state index contributed by atoms with van der Waals surface area (Å²) in [4.78, 5) is 0. The highest BCUT2D eigenvalue weighted by Crippen LogP contribution is 2.06. The van der Waals surface area contributed by atoms with E-state index < -0.39 is 5.66 Å². The van der Waals surface area contributed by atoms with E-state index in [0.717, 1.165) is 12.3 Å². The summed E-state index contributed by atoms with van der Waals surface area (Å²) in [5.74, 6) is 1.33. The lowest BCUT2D eigenvalue weighted by Crippen LogP contribution is -2.65. The van der Waals surface area contributed by atoms with Gasteiger partial charge in [0.2, 0.25) is 0 Å². The van der Waals surface area contributed by atoms with Crippen molar-refractivity contribution in [2.45, 2.75) is 18.1 Å². The van der Waals surface area contributed by atoms with Crippen molar-refractivity contribution < 1.29 is 0 Å². The minimum atomic E-state index is -0.473. The number of thiol groups is 2. The molecule has 15 heavy (non-hydrogen) atoms. The van der Waals surface area contributed by atoms with Gasteiger partial charge in [-0.3, -0.25) is 5.32 Å². The molecule has 0 aliphatic rings. The zero-order valence-electron chi connectivity index (χ0n) is 9.80. The fourth-order valence-corrected chi connectivity index (χ4v) is 1.58. The molecule has 0 amide bonds. The van der Waals surface area contributed by atoms with Crippen LogP contribution in [0.25, 0.3) is 0 Å². The van der Waals surface area contributed by atoms with Crippen LogP contribution in [0.4, 0.5) is 0 Å². The first-order valence-electron chi connectivity index (χ1n) is 5.04. The van der Waals surface area contributed by atoms with Crippen LogP contribution in [0.2, 0.25) is 0 Å². The van der Waals surface area contributed by atoms with Gasteiger partial charge in [-0.15, -0.1) is 0 Å². The maximum Gasteiger partial charge on any atom is 0.0880 e. The molecule has 92 valence electrons. The maximum atomic E-state index is 6.12. The molecule has 0 saturated carbocycles. The Balaban J connectivity index is 4.20. The molecule has 0 aromatic heterocycles. The van der Waals surface area contributed by atoms with Crippen molar-refractivity contribution >= 4 is 25.3 Å². The summed E-state index contributed by atoms with van der Waals surface area (Å²) in [5.41, 5.74) is 5.60. The van der Waals surface area contributed by atoms with E-state index in [1.807, 2.05) is 14.1 Å². The van der Waals surface area contributed by atoms with E-state index in [0.29, 0.717) is 12.3 Å². The first-order valence-corrected chi connectivity index (χ1v) is 6.31. The summed E-state index contributed by atoms with van der Waals surface area (Å²) in [6.07, 6.45) is 0. The Labute approximate surface area is 104 Å². The summed E-state index contributed by atoms with van der Waals surface area (Å²) in [7, 11) is 3.80. The quantitative estimate of drug-likeness (QED) is 0.255. The topological polar surface area (TPSA) is 62.1 Å². The molecule has 0 bridgehead atoms. The smallest absolute Gasteiger partial charge is 0.0880 e. The molecule has 4 nitrogen and oxygen atoms in total. The van der Waals surface area contributed by atoms with Gasteiger partial charge in [0.1, 0.15) is 0 Å². The largest absolute Gasteiger partial charge is 0.317 e. The number of hydrogen-bond donors (Lipinski definition) is 6. The predicted octanol–water partition coefficient (Wildman–Crippen LogP) is -0.712. The number of nitrogens with one attached hydrogen (secondary N) is 3. The third-order valence-electron chi connectivity index (χ3n) is 2.56. The fraction of sp³-hybridized carbons (Fsp3) is 1.00. The van der Waals surface area contributed by atoms with Crippen molar-refractivity contribution in [1.29, 1.82) is 0 Å². The van der Waals surface area contributed by atoms with Crippen molar-refractivity contribution in [3.63, 3.8) is 0 Å². The van der Waals surface area contributed by atoms with Gasteiger partial charge in [0.15, 0.2) is 0 Å². The normalized spacial score (nSPS) is 19.6. The molecule has 2 atom stereocenters. The third kappa shape index (κ3) is 5.42. The number of rotatable bonds is 8. The minimum Gasteiger partial charge on any atom is -0.317 e. The molecule has 6 heteroatoms. The average molecular weight is 252 g/mol. The summed E-state index contributed by atoms with van der Waals surface area (Å²) in [6, 6.07) is 0. The Morgan fingerprint density at radius 3 is 2.07 bits per heavy atom. The SMILES string of the molecule is CNC[C@@](N)(CS)NC[C@@](C)(CS)NC. The molecular weight excluding hydrogens is 228 g/mol. The summed E-state index contributed by atoms with van der Waals surface area (Å²) in [5, 5.41) is 9.60. The van der Waals surface area contributed by atoms with Gasteiger partial charge < -0.3 is 16.4 Å². The molecule has 0 aliphatic carbocycles. The zero-order chi connectivity index (χ0) is 11.9. The van der Waals surface area contributed by atoms with E-state index in [-0.39, 0.29) is 5.54 Å². The molecule has 0 aromatic rings. The molecule has 5 N–H and O–H groups in total. The van der Waals surface area contributed by atoms with Crippen LogP contribution in [0, 0.1) is 0 Å². The highest BCUT2D eigenvalue weighted by molar-refractivity contribution is 7.80. The van der Waals surface area contributed by atoms with E-state index in [4.69, 9.17) is 5.73 Å². The van der Waals surface area contributed by atoms with Crippen molar-refractivity contribution in [3.05, 3.63) is 0 Å². The summed E-state index contributed by atoms with van der Waals surface area (Å²) in [6.45, 7) is 3.54. The number of hydrogen-bond acceptors (Lipinski definition) is 6. The van der Waals surface area contributed by atoms with Gasteiger partial charge >= 0.3 is 0 Å². The first-order chi connectivity index (χ1) is 6.95. The Morgan fingerprint density at radius 1 is 1.13 bits per heavy atom. The maximum absolute atomic E-state index is 6.12. The Kier molecular flexibility index (Phi) is 7.23. The predicted molar refractivity (Wildman–Crippen MR) is 74.0 cm³/mol.